The molecule has 0 spiro atoms. The maximum atomic E-state index is 12.1. The highest BCUT2D eigenvalue weighted by Gasteiger charge is 2.11. The number of halogens is 1. The third kappa shape index (κ3) is 4.73. The molecule has 2 aromatic heterocycles. The average molecular weight is 388 g/mol. The molecule has 0 atom stereocenters. The number of anilines is 1. The van der Waals surface area contributed by atoms with Gasteiger partial charge in [0.25, 0.3) is 0 Å². The van der Waals surface area contributed by atoms with Crippen LogP contribution in [0.1, 0.15) is 28.2 Å². The number of carboxylic acid groups (broad SMARTS) is 1. The SMILES string of the molecule is Cc1cc(NC(=O)CCn2ccc(C(=O)O)n2)nn1Cc1ccccc1Cl. The van der Waals surface area contributed by atoms with Gasteiger partial charge in [0.1, 0.15) is 0 Å². The van der Waals surface area contributed by atoms with Crippen molar-refractivity contribution in [2.75, 3.05) is 5.32 Å². The summed E-state index contributed by atoms with van der Waals surface area (Å²) in [6.45, 7) is 2.68. The van der Waals surface area contributed by atoms with Crippen LogP contribution in [0, 0.1) is 6.92 Å². The van der Waals surface area contributed by atoms with Crippen molar-refractivity contribution < 1.29 is 14.7 Å². The van der Waals surface area contributed by atoms with E-state index in [-0.39, 0.29) is 24.6 Å². The Morgan fingerprint density at radius 3 is 2.70 bits per heavy atom. The fourth-order valence-corrected chi connectivity index (χ4v) is 2.74. The van der Waals surface area contributed by atoms with Gasteiger partial charge in [-0.1, -0.05) is 29.8 Å². The molecule has 3 aromatic rings. The number of amides is 1. The van der Waals surface area contributed by atoms with Gasteiger partial charge in [-0.05, 0) is 24.6 Å². The van der Waals surface area contributed by atoms with Gasteiger partial charge in [0.05, 0.1) is 6.54 Å². The van der Waals surface area contributed by atoms with Gasteiger partial charge in [-0.2, -0.15) is 10.2 Å². The fourth-order valence-electron chi connectivity index (χ4n) is 2.54. The molecular formula is C18H18ClN5O3. The van der Waals surface area contributed by atoms with E-state index in [2.05, 4.69) is 15.5 Å². The summed E-state index contributed by atoms with van der Waals surface area (Å²) >= 11 is 6.18. The van der Waals surface area contributed by atoms with Gasteiger partial charge in [-0.15, -0.1) is 0 Å². The Hall–Kier alpha value is -3.13. The molecule has 0 radical (unpaired) electrons. The van der Waals surface area contributed by atoms with Crippen molar-refractivity contribution in [3.8, 4) is 0 Å². The van der Waals surface area contributed by atoms with Crippen molar-refractivity contribution in [3.05, 3.63) is 64.6 Å². The molecule has 0 saturated carbocycles. The van der Waals surface area contributed by atoms with Crippen LogP contribution in [-0.4, -0.2) is 36.5 Å². The van der Waals surface area contributed by atoms with Crippen molar-refractivity contribution >= 4 is 29.3 Å². The van der Waals surface area contributed by atoms with Crippen molar-refractivity contribution in [1.29, 1.82) is 0 Å². The van der Waals surface area contributed by atoms with Crippen LogP contribution in [0.25, 0.3) is 0 Å². The van der Waals surface area contributed by atoms with Crippen LogP contribution in [0.3, 0.4) is 0 Å². The van der Waals surface area contributed by atoms with E-state index in [1.54, 1.807) is 10.7 Å². The van der Waals surface area contributed by atoms with E-state index in [0.29, 0.717) is 17.4 Å². The summed E-state index contributed by atoms with van der Waals surface area (Å²) in [5.74, 6) is -0.876. The maximum absolute atomic E-state index is 12.1. The Bertz CT molecular complexity index is 979. The molecule has 2 heterocycles. The van der Waals surface area contributed by atoms with E-state index in [1.807, 2.05) is 31.2 Å². The molecule has 27 heavy (non-hydrogen) atoms. The van der Waals surface area contributed by atoms with Crippen LogP contribution in [0.2, 0.25) is 5.02 Å². The third-order valence-electron chi connectivity index (χ3n) is 3.95. The topological polar surface area (TPSA) is 102 Å². The van der Waals surface area contributed by atoms with Gasteiger partial charge in [0.2, 0.25) is 5.91 Å². The number of carbonyl (C=O) groups excluding carboxylic acids is 1. The Balaban J connectivity index is 1.58. The third-order valence-corrected chi connectivity index (χ3v) is 4.32. The molecule has 8 nitrogen and oxygen atoms in total. The summed E-state index contributed by atoms with van der Waals surface area (Å²) in [7, 11) is 0. The van der Waals surface area contributed by atoms with Crippen LogP contribution >= 0.6 is 11.6 Å². The zero-order valence-electron chi connectivity index (χ0n) is 14.6. The van der Waals surface area contributed by atoms with Crippen LogP contribution < -0.4 is 5.32 Å². The highest BCUT2D eigenvalue weighted by atomic mass is 35.5. The predicted molar refractivity (Wildman–Crippen MR) is 100.0 cm³/mol. The molecule has 1 aromatic carbocycles. The summed E-state index contributed by atoms with van der Waals surface area (Å²) in [4.78, 5) is 22.9. The molecule has 0 bridgehead atoms. The van der Waals surface area contributed by atoms with Gasteiger partial charge >= 0.3 is 5.97 Å². The summed E-state index contributed by atoms with van der Waals surface area (Å²) in [6, 6.07) is 10.7. The normalized spacial score (nSPS) is 10.7. The second-order valence-corrected chi connectivity index (χ2v) is 6.39. The molecule has 1 amide bonds. The van der Waals surface area contributed by atoms with Crippen molar-refractivity contribution in [3.63, 3.8) is 0 Å². The molecule has 0 aliphatic rings. The number of aromatic carboxylic acids is 1. The second-order valence-electron chi connectivity index (χ2n) is 5.99. The summed E-state index contributed by atoms with van der Waals surface area (Å²) in [6.07, 6.45) is 1.68. The maximum Gasteiger partial charge on any atom is 0.356 e. The first-order valence-corrected chi connectivity index (χ1v) is 8.64. The summed E-state index contributed by atoms with van der Waals surface area (Å²) in [5, 5.41) is 20.5. The molecule has 2 N–H and O–H groups in total. The van der Waals surface area contributed by atoms with E-state index in [9.17, 15) is 9.59 Å². The average Bonchev–Trinajstić information content (AvgIpc) is 3.22. The lowest BCUT2D eigenvalue weighted by molar-refractivity contribution is -0.116. The molecule has 3 rings (SSSR count). The molecule has 0 fully saturated rings. The number of nitrogens with one attached hydrogen (secondary N) is 1. The molecule has 0 unspecified atom stereocenters. The molecule has 0 aliphatic carbocycles. The first kappa shape index (κ1) is 18.7. The number of rotatable bonds is 7. The minimum Gasteiger partial charge on any atom is -0.476 e. The van der Waals surface area contributed by atoms with Crippen LogP contribution in [-0.2, 0) is 17.9 Å². The number of carboxylic acids is 1. The lowest BCUT2D eigenvalue weighted by atomic mass is 10.2. The highest BCUT2D eigenvalue weighted by molar-refractivity contribution is 6.31. The zero-order chi connectivity index (χ0) is 19.4. The number of aromatic nitrogens is 4. The van der Waals surface area contributed by atoms with E-state index in [4.69, 9.17) is 16.7 Å². The molecule has 140 valence electrons. The molecule has 9 heteroatoms. The summed E-state index contributed by atoms with van der Waals surface area (Å²) in [5.41, 5.74) is 1.78. The highest BCUT2D eigenvalue weighted by Crippen LogP contribution is 2.18. The number of aryl methyl sites for hydroxylation is 2. The Morgan fingerprint density at radius 1 is 1.22 bits per heavy atom. The van der Waals surface area contributed by atoms with E-state index in [0.717, 1.165) is 11.3 Å². The molecular weight excluding hydrogens is 370 g/mol. The Kier molecular flexibility index (Phi) is 5.56. The Labute approximate surface area is 160 Å². The molecule has 0 saturated heterocycles. The van der Waals surface area contributed by atoms with Gasteiger partial charge in [-0.25, -0.2) is 4.79 Å². The fraction of sp³-hybridized carbons (Fsp3) is 0.222. The van der Waals surface area contributed by atoms with E-state index < -0.39 is 5.97 Å². The van der Waals surface area contributed by atoms with Crippen LogP contribution in [0.15, 0.2) is 42.6 Å². The monoisotopic (exact) mass is 387 g/mol. The zero-order valence-corrected chi connectivity index (χ0v) is 15.3. The number of hydrogen-bond donors (Lipinski definition) is 2. The van der Waals surface area contributed by atoms with Gasteiger partial charge in [-0.3, -0.25) is 14.2 Å². The lowest BCUT2D eigenvalue weighted by Crippen LogP contribution is -2.15. The predicted octanol–water partition coefficient (Wildman–Crippen LogP) is 2.82. The second kappa shape index (κ2) is 8.05. The van der Waals surface area contributed by atoms with Crippen molar-refractivity contribution in [2.45, 2.75) is 26.4 Å². The smallest absolute Gasteiger partial charge is 0.356 e. The van der Waals surface area contributed by atoms with E-state index in [1.165, 1.54) is 16.9 Å². The summed E-state index contributed by atoms with van der Waals surface area (Å²) < 4.78 is 3.19. The van der Waals surface area contributed by atoms with Crippen LogP contribution in [0.4, 0.5) is 5.82 Å². The van der Waals surface area contributed by atoms with E-state index >= 15 is 0 Å². The van der Waals surface area contributed by atoms with Crippen molar-refractivity contribution in [1.82, 2.24) is 19.6 Å². The Morgan fingerprint density at radius 2 is 2.00 bits per heavy atom. The minimum absolute atomic E-state index is 0.0515. The lowest BCUT2D eigenvalue weighted by Gasteiger charge is -2.06. The number of nitrogens with zero attached hydrogens (tertiary/aromatic N) is 4. The van der Waals surface area contributed by atoms with Crippen LogP contribution in [0.5, 0.6) is 0 Å². The largest absolute Gasteiger partial charge is 0.476 e. The standard InChI is InChI=1S/C18H18ClN5O3/c1-12-10-16(22-24(12)11-13-4-2-3-5-14(13)19)20-17(25)7-9-23-8-6-15(21-23)18(26)27/h2-6,8,10H,7,9,11H2,1H3,(H,26,27)(H,20,22,25). The van der Waals surface area contributed by atoms with Gasteiger partial charge < -0.3 is 10.4 Å². The first-order chi connectivity index (χ1) is 12.9. The van der Waals surface area contributed by atoms with Gasteiger partial charge in [0, 0.05) is 35.9 Å². The minimum atomic E-state index is -1.10. The molecule has 0 aliphatic heterocycles. The first-order valence-electron chi connectivity index (χ1n) is 8.27. The number of hydrogen-bond acceptors (Lipinski definition) is 4. The quantitative estimate of drug-likeness (QED) is 0.649. The number of carbonyl (C=O) groups is 2. The van der Waals surface area contributed by atoms with Crippen molar-refractivity contribution in [2.24, 2.45) is 0 Å². The van der Waals surface area contributed by atoms with Gasteiger partial charge in [0.15, 0.2) is 11.5 Å². The number of benzene rings is 1.